The van der Waals surface area contributed by atoms with Crippen LogP contribution in [0.3, 0.4) is 0 Å². The zero-order valence-electron chi connectivity index (χ0n) is 15.1. The number of aromatic nitrogens is 4. The van der Waals surface area contributed by atoms with Gasteiger partial charge in [-0.1, -0.05) is 6.58 Å². The minimum Gasteiger partial charge on any atom is -0.453 e. The number of carbonyl (C=O) groups is 2. The normalized spacial score (nSPS) is 23.4. The summed E-state index contributed by atoms with van der Waals surface area (Å²) in [6.45, 7) is 3.22. The van der Waals surface area contributed by atoms with E-state index in [2.05, 4.69) is 36.9 Å². The number of alkyl carbamates (subject to hydrolysis) is 1. The minimum atomic E-state index is -1.34. The van der Waals surface area contributed by atoms with Gasteiger partial charge in [-0.3, -0.25) is 9.36 Å². The highest BCUT2D eigenvalue weighted by atomic mass is 16.6. The van der Waals surface area contributed by atoms with Crippen molar-refractivity contribution < 1.29 is 29.3 Å². The second-order valence-corrected chi connectivity index (χ2v) is 6.01. The molecule has 1 fully saturated rings. The van der Waals surface area contributed by atoms with Crippen LogP contribution in [0.25, 0.3) is 11.2 Å². The van der Waals surface area contributed by atoms with Crippen LogP contribution in [0.15, 0.2) is 24.8 Å². The van der Waals surface area contributed by atoms with E-state index in [-0.39, 0.29) is 29.1 Å². The van der Waals surface area contributed by atoms with Gasteiger partial charge in [0, 0.05) is 6.54 Å². The molecule has 2 amide bonds. The molecule has 13 nitrogen and oxygen atoms in total. The number of ether oxygens (including phenoxy) is 2. The Labute approximate surface area is 163 Å². The highest BCUT2D eigenvalue weighted by Gasteiger charge is 2.44. The number of methoxy groups -OCH3 is 1. The molecule has 0 spiro atoms. The van der Waals surface area contributed by atoms with Gasteiger partial charge in [0.15, 0.2) is 23.2 Å². The summed E-state index contributed by atoms with van der Waals surface area (Å²) in [5, 5.41) is 34.1. The molecule has 0 aromatic carbocycles. The van der Waals surface area contributed by atoms with E-state index in [1.54, 1.807) is 6.07 Å². The maximum Gasteiger partial charge on any atom is 0.406 e. The van der Waals surface area contributed by atoms with Crippen molar-refractivity contribution in [3.8, 4) is 6.07 Å². The summed E-state index contributed by atoms with van der Waals surface area (Å²) in [6.07, 6.45) is -2.88. The number of fused-ring (bicyclic) bond motifs is 1. The van der Waals surface area contributed by atoms with Crippen molar-refractivity contribution in [2.45, 2.75) is 24.5 Å². The first-order chi connectivity index (χ1) is 13.9. The molecule has 0 radical (unpaired) electrons. The van der Waals surface area contributed by atoms with Crippen molar-refractivity contribution >= 4 is 29.0 Å². The smallest absolute Gasteiger partial charge is 0.406 e. The predicted octanol–water partition coefficient (Wildman–Crippen LogP) is -1.18. The van der Waals surface area contributed by atoms with Crippen molar-refractivity contribution in [2.75, 3.05) is 19.0 Å². The Morgan fingerprint density at radius 2 is 2.14 bits per heavy atom. The summed E-state index contributed by atoms with van der Waals surface area (Å²) in [7, 11) is 1.19. The number of rotatable bonds is 5. The molecule has 3 heterocycles. The summed E-state index contributed by atoms with van der Waals surface area (Å²) in [6, 6.07) is 1.63. The number of nitriles is 1. The standard InChI is InChI=1S/C16H17N7O6/c1-7(3-17)14(26)22-12-9-13(20-5-19-12)23(6-21-9)15-11(25)10(24)8(29-15)4-18-16(27)28-2/h5-6,8,10-11,15,24-25H,1,4H2,2H3,(H,18,27)(H,19,20,22,26)/t8-,10-,11-,15-/m1/s1. The lowest BCUT2D eigenvalue weighted by atomic mass is 10.1. The number of aliphatic hydroxyl groups is 2. The predicted molar refractivity (Wildman–Crippen MR) is 95.0 cm³/mol. The van der Waals surface area contributed by atoms with Gasteiger partial charge in [0.05, 0.1) is 13.4 Å². The summed E-state index contributed by atoms with van der Waals surface area (Å²) in [5.74, 6) is -0.712. The fourth-order valence-corrected chi connectivity index (χ4v) is 2.75. The topological polar surface area (TPSA) is 185 Å². The zero-order chi connectivity index (χ0) is 21.1. The van der Waals surface area contributed by atoms with Gasteiger partial charge in [-0.15, -0.1) is 0 Å². The van der Waals surface area contributed by atoms with E-state index < -0.39 is 36.5 Å². The summed E-state index contributed by atoms with van der Waals surface area (Å²) in [4.78, 5) is 35.2. The lowest BCUT2D eigenvalue weighted by Crippen LogP contribution is -2.39. The number of nitrogens with one attached hydrogen (secondary N) is 2. The molecule has 29 heavy (non-hydrogen) atoms. The molecule has 13 heteroatoms. The van der Waals surface area contributed by atoms with Crippen LogP contribution in [0.5, 0.6) is 0 Å². The second kappa shape index (κ2) is 8.19. The molecule has 0 aliphatic carbocycles. The summed E-state index contributed by atoms with van der Waals surface area (Å²) < 4.78 is 11.5. The molecule has 0 saturated carbocycles. The Morgan fingerprint density at radius 3 is 2.83 bits per heavy atom. The van der Waals surface area contributed by atoms with Gasteiger partial charge in [-0.05, 0) is 0 Å². The number of nitrogens with zero attached hydrogens (tertiary/aromatic N) is 5. The van der Waals surface area contributed by atoms with Gasteiger partial charge in [0.2, 0.25) is 0 Å². The number of anilines is 1. The molecular weight excluding hydrogens is 386 g/mol. The van der Waals surface area contributed by atoms with E-state index in [0.29, 0.717) is 0 Å². The lowest BCUT2D eigenvalue weighted by Gasteiger charge is -2.16. The molecule has 3 rings (SSSR count). The molecule has 1 saturated heterocycles. The number of imidazole rings is 1. The lowest BCUT2D eigenvalue weighted by molar-refractivity contribution is -0.112. The number of carbonyl (C=O) groups excluding carboxylic acids is 2. The molecular formula is C16H17N7O6. The van der Waals surface area contributed by atoms with Crippen LogP contribution in [0.2, 0.25) is 0 Å². The van der Waals surface area contributed by atoms with Crippen molar-refractivity contribution in [1.29, 1.82) is 5.26 Å². The maximum absolute atomic E-state index is 11.9. The van der Waals surface area contributed by atoms with Crippen LogP contribution in [-0.4, -0.2) is 73.7 Å². The Hall–Kier alpha value is -3.60. The fraction of sp³-hybridized carbons (Fsp3) is 0.375. The van der Waals surface area contributed by atoms with Crippen molar-refractivity contribution in [1.82, 2.24) is 24.8 Å². The first-order valence-electron chi connectivity index (χ1n) is 8.28. The van der Waals surface area contributed by atoms with Crippen LogP contribution >= 0.6 is 0 Å². The van der Waals surface area contributed by atoms with E-state index in [1.807, 2.05) is 0 Å². The first-order valence-corrected chi connectivity index (χ1v) is 8.28. The maximum atomic E-state index is 11.9. The first kappa shape index (κ1) is 20.1. The van der Waals surface area contributed by atoms with Gasteiger partial charge < -0.3 is 30.3 Å². The van der Waals surface area contributed by atoms with Crippen LogP contribution < -0.4 is 10.6 Å². The molecule has 0 bridgehead atoms. The Morgan fingerprint density at radius 1 is 1.38 bits per heavy atom. The van der Waals surface area contributed by atoms with E-state index in [9.17, 15) is 19.8 Å². The molecule has 1 aliphatic heterocycles. The SMILES string of the molecule is C=C(C#N)C(=O)Nc1ncnc2c1ncn2[C@@H]1O[C@H](CNC(=O)OC)[C@@H](O)[C@H]1O. The van der Waals surface area contributed by atoms with Crippen molar-refractivity contribution in [3.05, 3.63) is 24.8 Å². The van der Waals surface area contributed by atoms with Crippen molar-refractivity contribution in [3.63, 3.8) is 0 Å². The monoisotopic (exact) mass is 403 g/mol. The largest absolute Gasteiger partial charge is 0.453 e. The van der Waals surface area contributed by atoms with Gasteiger partial charge in [0.1, 0.15) is 36.3 Å². The third kappa shape index (κ3) is 3.85. The van der Waals surface area contributed by atoms with Crippen LogP contribution in [0, 0.1) is 11.3 Å². The number of hydrogen-bond donors (Lipinski definition) is 4. The molecule has 2 aromatic rings. The minimum absolute atomic E-state index is 0.0343. The van der Waals surface area contributed by atoms with Gasteiger partial charge in [-0.2, -0.15) is 5.26 Å². The quantitative estimate of drug-likeness (QED) is 0.350. The van der Waals surface area contributed by atoms with E-state index in [4.69, 9.17) is 10.00 Å². The van der Waals surface area contributed by atoms with Crippen LogP contribution in [-0.2, 0) is 14.3 Å². The number of amides is 2. The molecule has 1 aliphatic rings. The molecule has 0 unspecified atom stereocenters. The van der Waals surface area contributed by atoms with E-state index >= 15 is 0 Å². The second-order valence-electron chi connectivity index (χ2n) is 6.01. The zero-order valence-corrected chi connectivity index (χ0v) is 15.1. The average molecular weight is 403 g/mol. The molecule has 4 N–H and O–H groups in total. The third-order valence-corrected chi connectivity index (χ3v) is 4.24. The van der Waals surface area contributed by atoms with E-state index in [0.717, 1.165) is 6.33 Å². The fourth-order valence-electron chi connectivity index (χ4n) is 2.75. The molecule has 2 aromatic heterocycles. The highest BCUT2D eigenvalue weighted by molar-refractivity contribution is 6.08. The molecule has 152 valence electrons. The number of aliphatic hydroxyl groups excluding tert-OH is 2. The van der Waals surface area contributed by atoms with E-state index in [1.165, 1.54) is 18.0 Å². The van der Waals surface area contributed by atoms with Crippen LogP contribution in [0.4, 0.5) is 10.6 Å². The van der Waals surface area contributed by atoms with Gasteiger partial charge >= 0.3 is 6.09 Å². The summed E-state index contributed by atoms with van der Waals surface area (Å²) in [5.41, 5.74) is 0.0681. The van der Waals surface area contributed by atoms with Gasteiger partial charge in [0.25, 0.3) is 5.91 Å². The highest BCUT2D eigenvalue weighted by Crippen LogP contribution is 2.32. The Balaban J connectivity index is 1.84. The van der Waals surface area contributed by atoms with Gasteiger partial charge in [-0.25, -0.2) is 19.7 Å². The Kier molecular flexibility index (Phi) is 5.69. The molecule has 4 atom stereocenters. The van der Waals surface area contributed by atoms with Crippen LogP contribution in [0.1, 0.15) is 6.23 Å². The number of hydrogen-bond acceptors (Lipinski definition) is 10. The summed E-state index contributed by atoms with van der Waals surface area (Å²) >= 11 is 0. The Bertz CT molecular complexity index is 999. The third-order valence-electron chi connectivity index (χ3n) is 4.24. The van der Waals surface area contributed by atoms with Crippen molar-refractivity contribution in [2.24, 2.45) is 0 Å². The average Bonchev–Trinajstić information content (AvgIpc) is 3.27.